The van der Waals surface area contributed by atoms with Gasteiger partial charge >= 0.3 is 30.0 Å². The Morgan fingerprint density at radius 1 is 1.00 bits per heavy atom. The van der Waals surface area contributed by atoms with Gasteiger partial charge in [-0.1, -0.05) is 18.2 Å². The number of alkyl halides is 7. The van der Waals surface area contributed by atoms with Crippen molar-refractivity contribution in [1.82, 2.24) is 0 Å². The van der Waals surface area contributed by atoms with Gasteiger partial charge in [-0.05, 0) is 12.1 Å². The van der Waals surface area contributed by atoms with E-state index in [4.69, 9.17) is 0 Å². The van der Waals surface area contributed by atoms with Crippen LogP contribution in [0, 0.1) is 0 Å². The van der Waals surface area contributed by atoms with Gasteiger partial charge < -0.3 is 9.47 Å². The van der Waals surface area contributed by atoms with Gasteiger partial charge in [0.15, 0.2) is 0 Å². The van der Waals surface area contributed by atoms with Gasteiger partial charge in [-0.2, -0.15) is 30.7 Å². The molecular weight excluding hydrogens is 365 g/mol. The fraction of sp³-hybridized carbons (Fsp3) is 0.286. The second-order valence-corrected chi connectivity index (χ2v) is 4.43. The summed E-state index contributed by atoms with van der Waals surface area (Å²) in [5, 5.41) is 0. The van der Waals surface area contributed by atoms with Gasteiger partial charge in [0.1, 0.15) is 5.75 Å². The lowest BCUT2D eigenvalue weighted by Gasteiger charge is -2.26. The molecule has 1 rings (SSSR count). The molecule has 0 bridgehead atoms. The van der Waals surface area contributed by atoms with E-state index in [0.717, 1.165) is 37.5 Å². The lowest BCUT2D eigenvalue weighted by molar-refractivity contribution is -0.346. The molecule has 0 radical (unpaired) electrons. The van der Waals surface area contributed by atoms with E-state index in [-0.39, 0.29) is 5.56 Å². The van der Waals surface area contributed by atoms with Crippen LogP contribution in [0.3, 0.4) is 0 Å². The Balaban J connectivity index is 3.13. The lowest BCUT2D eigenvalue weighted by Crippen LogP contribution is -2.57. The van der Waals surface area contributed by atoms with Crippen LogP contribution in [0.4, 0.5) is 30.7 Å². The maximum atomic E-state index is 13.2. The maximum Gasteiger partial charge on any atom is 0.460 e. The number of para-hydroxylation sites is 1. The topological polar surface area (TPSA) is 52.6 Å². The molecular formula is C14H9F7O4. The number of carbonyl (C=O) groups excluding carboxylic acids is 2. The predicted molar refractivity (Wildman–Crippen MR) is 69.1 cm³/mol. The second-order valence-electron chi connectivity index (χ2n) is 4.43. The third kappa shape index (κ3) is 4.28. The first-order valence-corrected chi connectivity index (χ1v) is 6.24. The summed E-state index contributed by atoms with van der Waals surface area (Å²) in [5.74, 6) is -17.5. The summed E-state index contributed by atoms with van der Waals surface area (Å²) < 4.78 is 96.5. The van der Waals surface area contributed by atoms with Crippen molar-refractivity contribution in [3.05, 3.63) is 35.9 Å². The van der Waals surface area contributed by atoms with Crippen LogP contribution in [0.5, 0.6) is 5.75 Å². The summed E-state index contributed by atoms with van der Waals surface area (Å²) in [5.41, 5.74) is -0.215. The summed E-state index contributed by atoms with van der Waals surface area (Å²) in [4.78, 5) is 22.2. The molecule has 0 saturated heterocycles. The molecule has 0 saturated carbocycles. The number of rotatable bonds is 5. The van der Waals surface area contributed by atoms with Gasteiger partial charge in [0.25, 0.3) is 0 Å². The van der Waals surface area contributed by atoms with Gasteiger partial charge in [0.2, 0.25) is 0 Å². The molecule has 138 valence electrons. The molecule has 0 aliphatic heterocycles. The highest BCUT2D eigenvalue weighted by molar-refractivity contribution is 5.88. The molecule has 0 N–H and O–H groups in total. The van der Waals surface area contributed by atoms with Gasteiger partial charge in [-0.25, -0.2) is 9.59 Å². The van der Waals surface area contributed by atoms with E-state index in [0.29, 0.717) is 0 Å². The first-order chi connectivity index (χ1) is 11.3. The monoisotopic (exact) mass is 374 g/mol. The van der Waals surface area contributed by atoms with Crippen LogP contribution in [-0.4, -0.2) is 37.1 Å². The molecule has 0 heterocycles. The highest BCUT2D eigenvalue weighted by Crippen LogP contribution is 2.47. The van der Waals surface area contributed by atoms with E-state index >= 15 is 0 Å². The van der Waals surface area contributed by atoms with Crippen molar-refractivity contribution in [1.29, 1.82) is 0 Å². The van der Waals surface area contributed by atoms with E-state index in [1.165, 1.54) is 6.07 Å². The van der Waals surface area contributed by atoms with Gasteiger partial charge in [-0.15, -0.1) is 0 Å². The van der Waals surface area contributed by atoms with E-state index in [1.807, 2.05) is 0 Å². The first kappa shape index (κ1) is 20.5. The summed E-state index contributed by atoms with van der Waals surface area (Å²) in [6, 6.07) is 4.42. The molecule has 1 aromatic carbocycles. The van der Waals surface area contributed by atoms with Crippen LogP contribution >= 0.6 is 0 Å². The van der Waals surface area contributed by atoms with Crippen molar-refractivity contribution in [2.75, 3.05) is 7.11 Å². The van der Waals surface area contributed by atoms with Crippen molar-refractivity contribution in [2.24, 2.45) is 0 Å². The summed E-state index contributed by atoms with van der Waals surface area (Å²) >= 11 is 0. The number of methoxy groups -OCH3 is 1. The summed E-state index contributed by atoms with van der Waals surface area (Å²) in [6.07, 6.45) is -4.95. The molecule has 0 atom stereocenters. The van der Waals surface area contributed by atoms with Crippen molar-refractivity contribution >= 4 is 18.0 Å². The Morgan fingerprint density at radius 2 is 1.56 bits per heavy atom. The molecule has 25 heavy (non-hydrogen) atoms. The molecule has 4 nitrogen and oxygen atoms in total. The Labute approximate surface area is 135 Å². The van der Waals surface area contributed by atoms with Gasteiger partial charge in [-0.3, -0.25) is 0 Å². The molecule has 1 aromatic rings. The fourth-order valence-corrected chi connectivity index (χ4v) is 1.41. The lowest BCUT2D eigenvalue weighted by atomic mass is 10.1. The Morgan fingerprint density at radius 3 is 2.08 bits per heavy atom. The molecule has 0 unspecified atom stereocenters. The first-order valence-electron chi connectivity index (χ1n) is 6.24. The quantitative estimate of drug-likeness (QED) is 0.342. The standard InChI is InChI=1S/C14H9F7O4/c1-24-10(22)7-6-8-4-2-3-5-9(8)25-11(23)12(15,16)13(17,18)14(19,20)21/h2-7H,1H3/b7-6+. The smallest absolute Gasteiger partial charge is 0.460 e. The van der Waals surface area contributed by atoms with Crippen LogP contribution < -0.4 is 4.74 Å². The Kier molecular flexibility index (Phi) is 5.82. The van der Waals surface area contributed by atoms with E-state index in [9.17, 15) is 40.3 Å². The minimum Gasteiger partial charge on any atom is -0.466 e. The van der Waals surface area contributed by atoms with Gasteiger partial charge in [0.05, 0.1) is 7.11 Å². The van der Waals surface area contributed by atoms with Crippen LogP contribution in [0.25, 0.3) is 6.08 Å². The van der Waals surface area contributed by atoms with E-state index in [2.05, 4.69) is 9.47 Å². The minimum absolute atomic E-state index is 0.215. The largest absolute Gasteiger partial charge is 0.466 e. The molecule has 11 heteroatoms. The predicted octanol–water partition coefficient (Wildman–Crippen LogP) is 3.61. The zero-order valence-electron chi connectivity index (χ0n) is 12.2. The number of ether oxygens (including phenoxy) is 2. The van der Waals surface area contributed by atoms with Crippen molar-refractivity contribution in [3.8, 4) is 5.75 Å². The van der Waals surface area contributed by atoms with Crippen LogP contribution in [0.2, 0.25) is 0 Å². The van der Waals surface area contributed by atoms with E-state index < -0.39 is 35.7 Å². The van der Waals surface area contributed by atoms with Crippen molar-refractivity contribution in [3.63, 3.8) is 0 Å². The van der Waals surface area contributed by atoms with E-state index in [1.54, 1.807) is 0 Å². The number of benzene rings is 1. The highest BCUT2D eigenvalue weighted by Gasteiger charge is 2.77. The molecule has 0 fully saturated rings. The number of carbonyl (C=O) groups is 2. The van der Waals surface area contributed by atoms with Crippen LogP contribution in [-0.2, 0) is 14.3 Å². The summed E-state index contributed by atoms with van der Waals surface area (Å²) in [6.45, 7) is 0. The van der Waals surface area contributed by atoms with Crippen molar-refractivity contribution < 1.29 is 49.8 Å². The number of esters is 2. The van der Waals surface area contributed by atoms with Crippen LogP contribution in [0.1, 0.15) is 5.56 Å². The number of hydrogen-bond acceptors (Lipinski definition) is 4. The Hall–Kier alpha value is -2.59. The van der Waals surface area contributed by atoms with Crippen LogP contribution in [0.15, 0.2) is 30.3 Å². The molecule has 0 amide bonds. The molecule has 0 aliphatic carbocycles. The SMILES string of the molecule is COC(=O)/C=C/c1ccccc1OC(=O)C(F)(F)C(F)(F)C(F)(F)F. The van der Waals surface area contributed by atoms with Gasteiger partial charge in [0, 0.05) is 11.6 Å². The average Bonchev–Trinajstić information content (AvgIpc) is 2.52. The molecule has 0 spiro atoms. The normalized spacial score (nSPS) is 13.0. The zero-order chi connectivity index (χ0) is 19.5. The fourth-order valence-electron chi connectivity index (χ4n) is 1.41. The highest BCUT2D eigenvalue weighted by atomic mass is 19.4. The summed E-state index contributed by atoms with van der Waals surface area (Å²) in [7, 11) is 1.03. The van der Waals surface area contributed by atoms with Crippen molar-refractivity contribution in [2.45, 2.75) is 18.0 Å². The number of hydrogen-bond donors (Lipinski definition) is 0. The maximum absolute atomic E-state index is 13.2. The third-order valence-corrected chi connectivity index (χ3v) is 2.73. The minimum atomic E-state index is -6.67. The average molecular weight is 374 g/mol. The zero-order valence-corrected chi connectivity index (χ0v) is 12.2. The third-order valence-electron chi connectivity index (χ3n) is 2.73. The Bertz CT molecular complexity index is 680. The number of halogens is 7. The molecule has 0 aromatic heterocycles. The molecule has 0 aliphatic rings. The second kappa shape index (κ2) is 7.11.